The summed E-state index contributed by atoms with van der Waals surface area (Å²) in [6.45, 7) is 4.53. The molecular weight excluding hydrogens is 434 g/mol. The summed E-state index contributed by atoms with van der Waals surface area (Å²) in [6.07, 6.45) is 0.402. The van der Waals surface area contributed by atoms with Gasteiger partial charge in [0, 0.05) is 23.4 Å². The summed E-state index contributed by atoms with van der Waals surface area (Å²) in [6, 6.07) is 17.9. The van der Waals surface area contributed by atoms with Crippen LogP contribution in [0.25, 0.3) is 5.69 Å². The molecule has 34 heavy (non-hydrogen) atoms. The highest BCUT2D eigenvalue weighted by atomic mass is 16.6. The van der Waals surface area contributed by atoms with Crippen LogP contribution in [0.15, 0.2) is 54.6 Å². The zero-order valence-corrected chi connectivity index (χ0v) is 19.3. The van der Waals surface area contributed by atoms with Crippen LogP contribution in [0.3, 0.4) is 0 Å². The average Bonchev–Trinajstić information content (AvgIpc) is 3.10. The van der Waals surface area contributed by atoms with Gasteiger partial charge in [-0.1, -0.05) is 25.1 Å². The Hall–Kier alpha value is -4.38. The van der Waals surface area contributed by atoms with E-state index in [9.17, 15) is 19.6 Å². The summed E-state index contributed by atoms with van der Waals surface area (Å²) >= 11 is 0. The summed E-state index contributed by atoms with van der Waals surface area (Å²) in [5, 5.41) is 12.3. The van der Waals surface area contributed by atoms with Crippen LogP contribution < -0.4 is 10.1 Å². The van der Waals surface area contributed by atoms with Crippen molar-refractivity contribution >= 4 is 23.5 Å². The minimum atomic E-state index is -0.727. The van der Waals surface area contributed by atoms with Gasteiger partial charge in [-0.15, -0.1) is 0 Å². The summed E-state index contributed by atoms with van der Waals surface area (Å²) in [4.78, 5) is 36.2. The Kier molecular flexibility index (Phi) is 7.83. The van der Waals surface area contributed by atoms with E-state index in [0.29, 0.717) is 29.1 Å². The highest BCUT2D eigenvalue weighted by Gasteiger charge is 2.21. The molecule has 3 aromatic rings. The number of nitrogens with zero attached hydrogens (tertiary/aromatic N) is 2. The van der Waals surface area contributed by atoms with Crippen molar-refractivity contribution in [3.63, 3.8) is 0 Å². The van der Waals surface area contributed by atoms with E-state index < -0.39 is 25.1 Å². The Morgan fingerprint density at radius 3 is 2.29 bits per heavy atom. The maximum atomic E-state index is 12.5. The van der Waals surface area contributed by atoms with Crippen molar-refractivity contribution in [2.45, 2.75) is 27.2 Å². The van der Waals surface area contributed by atoms with Crippen molar-refractivity contribution in [1.29, 1.82) is 5.26 Å². The van der Waals surface area contributed by atoms with E-state index in [1.54, 1.807) is 35.8 Å². The lowest BCUT2D eigenvalue weighted by atomic mass is 10.1. The molecule has 3 rings (SSSR count). The highest BCUT2D eigenvalue weighted by Crippen LogP contribution is 2.29. The fourth-order valence-electron chi connectivity index (χ4n) is 3.40. The molecule has 1 N–H and O–H groups in total. The normalized spacial score (nSPS) is 10.3. The number of esters is 1. The van der Waals surface area contributed by atoms with E-state index in [-0.39, 0.29) is 5.78 Å². The van der Waals surface area contributed by atoms with Gasteiger partial charge in [0.05, 0.1) is 5.56 Å². The Labute approximate surface area is 197 Å². The van der Waals surface area contributed by atoms with Gasteiger partial charge in [-0.3, -0.25) is 14.2 Å². The number of benzene rings is 2. The molecule has 174 valence electrons. The fraction of sp³-hybridized carbons (Fsp3) is 0.231. The molecule has 0 aliphatic heterocycles. The Morgan fingerprint density at radius 1 is 1.00 bits per heavy atom. The van der Waals surface area contributed by atoms with Crippen LogP contribution in [-0.2, 0) is 14.3 Å². The summed E-state index contributed by atoms with van der Waals surface area (Å²) < 4.78 is 12.1. The number of nitriles is 1. The van der Waals surface area contributed by atoms with Crippen molar-refractivity contribution < 1.29 is 23.9 Å². The number of amides is 1. The first-order valence-corrected chi connectivity index (χ1v) is 10.7. The number of nitrogens with one attached hydrogen (secondary N) is 1. The van der Waals surface area contributed by atoms with Gasteiger partial charge in [0.25, 0.3) is 5.91 Å². The van der Waals surface area contributed by atoms with E-state index in [1.165, 1.54) is 0 Å². The first kappa shape index (κ1) is 24.3. The quantitative estimate of drug-likeness (QED) is 0.381. The van der Waals surface area contributed by atoms with E-state index in [4.69, 9.17) is 9.47 Å². The second kappa shape index (κ2) is 11.0. The number of anilines is 1. The molecule has 0 atom stereocenters. The van der Waals surface area contributed by atoms with E-state index in [0.717, 1.165) is 16.9 Å². The van der Waals surface area contributed by atoms with Crippen LogP contribution in [-0.4, -0.2) is 35.4 Å². The third-order valence-electron chi connectivity index (χ3n) is 5.32. The number of hydrogen-bond acceptors (Lipinski definition) is 6. The van der Waals surface area contributed by atoms with Crippen molar-refractivity contribution in [3.8, 4) is 17.5 Å². The highest BCUT2D eigenvalue weighted by molar-refractivity contribution is 5.96. The molecule has 1 amide bonds. The summed E-state index contributed by atoms with van der Waals surface area (Å²) in [5.74, 6) is -0.570. The molecule has 0 bridgehead atoms. The number of ether oxygens (including phenoxy) is 2. The van der Waals surface area contributed by atoms with Gasteiger partial charge in [-0.05, 0) is 55.8 Å². The lowest BCUT2D eigenvalue weighted by molar-refractivity contribution is -0.149. The van der Waals surface area contributed by atoms with Crippen molar-refractivity contribution in [1.82, 2.24) is 4.57 Å². The van der Waals surface area contributed by atoms with Crippen LogP contribution in [0.2, 0.25) is 0 Å². The zero-order chi connectivity index (χ0) is 24.7. The predicted molar refractivity (Wildman–Crippen MR) is 126 cm³/mol. The number of rotatable bonds is 9. The lowest BCUT2D eigenvalue weighted by Crippen LogP contribution is -2.25. The standard InChI is InChI=1S/C26H25N3O5/c1-4-23(30)19-10-12-21(13-11-19)33-16-25(32)34-15-24(31)28-26-22(14-27)17(2)18(3)29(26)20-8-6-5-7-9-20/h5-13H,4,15-16H2,1-3H3,(H,28,31). The molecule has 0 fully saturated rings. The Balaban J connectivity index is 1.60. The van der Waals surface area contributed by atoms with Gasteiger partial charge >= 0.3 is 5.97 Å². The van der Waals surface area contributed by atoms with Crippen LogP contribution in [0, 0.1) is 25.2 Å². The van der Waals surface area contributed by atoms with Gasteiger partial charge in [-0.25, -0.2) is 4.79 Å². The first-order valence-electron chi connectivity index (χ1n) is 10.7. The molecule has 0 spiro atoms. The molecule has 0 unspecified atom stereocenters. The molecule has 0 aliphatic carbocycles. The molecular formula is C26H25N3O5. The molecule has 1 aromatic heterocycles. The number of hydrogen-bond donors (Lipinski definition) is 1. The van der Waals surface area contributed by atoms with Crippen molar-refractivity contribution in [2.24, 2.45) is 0 Å². The summed E-state index contributed by atoms with van der Waals surface area (Å²) in [5.41, 5.74) is 3.26. The monoisotopic (exact) mass is 459 g/mol. The largest absolute Gasteiger partial charge is 0.482 e. The SMILES string of the molecule is CCC(=O)c1ccc(OCC(=O)OCC(=O)Nc2c(C#N)c(C)c(C)n2-c2ccccc2)cc1. The molecule has 0 aliphatic rings. The van der Waals surface area contributed by atoms with Crippen LogP contribution in [0.4, 0.5) is 5.82 Å². The second-order valence-electron chi connectivity index (χ2n) is 7.52. The third-order valence-corrected chi connectivity index (χ3v) is 5.32. The number of Topliss-reactive ketones (excluding diaryl/α,β-unsaturated/α-hetero) is 1. The number of aromatic nitrogens is 1. The van der Waals surface area contributed by atoms with Gasteiger partial charge in [0.2, 0.25) is 0 Å². The van der Waals surface area contributed by atoms with Gasteiger partial charge in [0.15, 0.2) is 19.0 Å². The number of ketones is 1. The molecule has 0 radical (unpaired) electrons. The zero-order valence-electron chi connectivity index (χ0n) is 19.3. The van der Waals surface area contributed by atoms with E-state index >= 15 is 0 Å². The maximum absolute atomic E-state index is 12.5. The minimum absolute atomic E-state index is 0.0142. The molecule has 2 aromatic carbocycles. The lowest BCUT2D eigenvalue weighted by Gasteiger charge is -2.13. The minimum Gasteiger partial charge on any atom is -0.482 e. The smallest absolute Gasteiger partial charge is 0.344 e. The van der Waals surface area contributed by atoms with E-state index in [1.807, 2.05) is 44.2 Å². The van der Waals surface area contributed by atoms with Gasteiger partial charge < -0.3 is 14.8 Å². The Morgan fingerprint density at radius 2 is 1.68 bits per heavy atom. The van der Waals surface area contributed by atoms with E-state index in [2.05, 4.69) is 11.4 Å². The number of para-hydroxylation sites is 1. The second-order valence-corrected chi connectivity index (χ2v) is 7.52. The van der Waals surface area contributed by atoms with Crippen LogP contribution >= 0.6 is 0 Å². The number of carbonyl (C=O) groups excluding carboxylic acids is 3. The molecule has 8 heteroatoms. The first-order chi connectivity index (χ1) is 16.3. The molecule has 1 heterocycles. The Bertz CT molecular complexity index is 1240. The van der Waals surface area contributed by atoms with Crippen LogP contribution in [0.1, 0.15) is 40.5 Å². The molecule has 8 nitrogen and oxygen atoms in total. The van der Waals surface area contributed by atoms with Crippen LogP contribution in [0.5, 0.6) is 5.75 Å². The van der Waals surface area contributed by atoms with Crippen molar-refractivity contribution in [2.75, 3.05) is 18.5 Å². The third kappa shape index (κ3) is 5.51. The molecule has 0 saturated heterocycles. The molecule has 0 saturated carbocycles. The van der Waals surface area contributed by atoms with Gasteiger partial charge in [-0.2, -0.15) is 5.26 Å². The fourth-order valence-corrected chi connectivity index (χ4v) is 3.40. The number of carbonyl (C=O) groups is 3. The predicted octanol–water partition coefficient (Wildman–Crippen LogP) is 4.12. The topological polar surface area (TPSA) is 110 Å². The van der Waals surface area contributed by atoms with Crippen molar-refractivity contribution in [3.05, 3.63) is 77.0 Å². The maximum Gasteiger partial charge on any atom is 0.344 e. The van der Waals surface area contributed by atoms with Gasteiger partial charge in [0.1, 0.15) is 17.6 Å². The summed E-state index contributed by atoms with van der Waals surface area (Å²) in [7, 11) is 0. The average molecular weight is 460 g/mol.